The van der Waals surface area contributed by atoms with Gasteiger partial charge in [0.2, 0.25) is 0 Å². The smallest absolute Gasteiger partial charge is 0 e. The molecule has 0 N–H and O–H groups in total. The summed E-state index contributed by atoms with van der Waals surface area (Å²) in [6.07, 6.45) is 0. The van der Waals surface area contributed by atoms with E-state index in [0.29, 0.717) is 0 Å². The summed E-state index contributed by atoms with van der Waals surface area (Å²) in [5.74, 6) is 2.83. The van der Waals surface area contributed by atoms with Crippen LogP contribution in [0.15, 0.2) is 0 Å². The molecule has 0 saturated carbocycles. The van der Waals surface area contributed by atoms with Crippen LogP contribution in [0.3, 0.4) is 0 Å². The van der Waals surface area contributed by atoms with Gasteiger partial charge in [-0.2, -0.15) is 41.5 Å². The molecular formula is C8H18Ag-2. The van der Waals surface area contributed by atoms with Crippen molar-refractivity contribution in [2.75, 3.05) is 0 Å². The minimum absolute atomic E-state index is 0. The number of hydrogen-bond donors (Lipinski definition) is 0. The van der Waals surface area contributed by atoms with Crippen LogP contribution < -0.4 is 0 Å². The molecule has 1 heteroatoms. The fraction of sp³-hybridized carbons (Fsp3) is 0.750. The van der Waals surface area contributed by atoms with Crippen molar-refractivity contribution in [2.45, 2.75) is 41.5 Å². The Hall–Kier alpha value is 0.740. The van der Waals surface area contributed by atoms with Crippen LogP contribution in [0.4, 0.5) is 0 Å². The van der Waals surface area contributed by atoms with E-state index in [2.05, 4.69) is 41.5 Å². The van der Waals surface area contributed by atoms with Crippen molar-refractivity contribution < 1.29 is 22.4 Å². The van der Waals surface area contributed by atoms with Crippen LogP contribution in [0.5, 0.6) is 0 Å². The van der Waals surface area contributed by atoms with E-state index in [9.17, 15) is 0 Å². The van der Waals surface area contributed by atoms with Gasteiger partial charge >= 0.3 is 0 Å². The average Bonchev–Trinajstić information content (AvgIpc) is 1.25. The summed E-state index contributed by atoms with van der Waals surface area (Å²) >= 11 is 0. The maximum Gasteiger partial charge on any atom is 0 e. The van der Waals surface area contributed by atoms with Crippen LogP contribution in [0.25, 0.3) is 0 Å². The Labute approximate surface area is 75.9 Å². The number of rotatable bonds is 0. The fourth-order valence-electron chi connectivity index (χ4n) is 0. The minimum atomic E-state index is 0. The molecule has 0 aromatic heterocycles. The normalized spacial score (nSPS) is 8.00. The van der Waals surface area contributed by atoms with Gasteiger partial charge in [0.25, 0.3) is 0 Å². The van der Waals surface area contributed by atoms with Crippen LogP contribution in [-0.4, -0.2) is 0 Å². The summed E-state index contributed by atoms with van der Waals surface area (Å²) in [4.78, 5) is 0. The van der Waals surface area contributed by atoms with Gasteiger partial charge in [-0.05, 0) is 0 Å². The van der Waals surface area contributed by atoms with Gasteiger partial charge in [-0.15, -0.1) is 0 Å². The Bertz CT molecular complexity index is 20.0. The minimum Gasteiger partial charge on any atom is -0.323 e. The summed E-state index contributed by atoms with van der Waals surface area (Å²) < 4.78 is 0. The van der Waals surface area contributed by atoms with Gasteiger partial charge in [0, 0.05) is 22.4 Å². The summed E-state index contributed by atoms with van der Waals surface area (Å²) in [5.41, 5.74) is 0. The molecule has 1 radical (unpaired) electrons. The van der Waals surface area contributed by atoms with Crippen molar-refractivity contribution in [3.05, 3.63) is 11.8 Å². The van der Waals surface area contributed by atoms with Gasteiger partial charge in [-0.1, -0.05) is 0 Å². The van der Waals surface area contributed by atoms with E-state index in [1.807, 2.05) is 0 Å². The van der Waals surface area contributed by atoms with E-state index in [0.717, 1.165) is 0 Å². The van der Waals surface area contributed by atoms with Crippen molar-refractivity contribution in [1.82, 2.24) is 0 Å². The van der Waals surface area contributed by atoms with Gasteiger partial charge in [0.15, 0.2) is 0 Å². The zero-order valence-electron chi connectivity index (χ0n) is 7.30. The maximum absolute atomic E-state index is 2.08. The van der Waals surface area contributed by atoms with Crippen LogP contribution in [-0.2, 0) is 22.4 Å². The molecule has 0 heterocycles. The second kappa shape index (κ2) is 11.5. The molecule has 0 aliphatic carbocycles. The van der Waals surface area contributed by atoms with E-state index in [1.54, 1.807) is 0 Å². The van der Waals surface area contributed by atoms with Crippen molar-refractivity contribution >= 4 is 0 Å². The molecule has 9 heavy (non-hydrogen) atoms. The Morgan fingerprint density at radius 1 is 0.556 bits per heavy atom. The predicted molar refractivity (Wildman–Crippen MR) is 40.5 cm³/mol. The maximum atomic E-state index is 2.08. The molecule has 0 aromatic carbocycles. The second-order valence-corrected chi connectivity index (χ2v) is 3.00. The topological polar surface area (TPSA) is 0 Å². The van der Waals surface area contributed by atoms with Crippen molar-refractivity contribution in [1.29, 1.82) is 0 Å². The summed E-state index contributed by atoms with van der Waals surface area (Å²) in [7, 11) is 0. The molecule has 0 rings (SSSR count). The Balaban J connectivity index is -0.0000000720. The van der Waals surface area contributed by atoms with Crippen LogP contribution in [0.2, 0.25) is 0 Å². The third kappa shape index (κ3) is 725. The van der Waals surface area contributed by atoms with Crippen LogP contribution in [0.1, 0.15) is 41.5 Å². The molecule has 0 fully saturated rings. The first kappa shape index (κ1) is 16.4. The average molecular weight is 222 g/mol. The first-order chi connectivity index (χ1) is 3.46. The zero-order valence-corrected chi connectivity index (χ0v) is 8.78. The van der Waals surface area contributed by atoms with Crippen LogP contribution >= 0.6 is 0 Å². The van der Waals surface area contributed by atoms with Gasteiger partial charge in [-0.3, -0.25) is 0 Å². The van der Waals surface area contributed by atoms with E-state index in [1.165, 1.54) is 11.8 Å². The first-order valence-corrected chi connectivity index (χ1v) is 3.00. The van der Waals surface area contributed by atoms with E-state index in [4.69, 9.17) is 0 Å². The quantitative estimate of drug-likeness (QED) is 0.436. The fourth-order valence-corrected chi connectivity index (χ4v) is 0. The third-order valence-electron chi connectivity index (χ3n) is 0. The molecule has 0 atom stereocenters. The van der Waals surface area contributed by atoms with Gasteiger partial charge < -0.3 is 11.8 Å². The molecule has 0 amide bonds. The Morgan fingerprint density at radius 2 is 0.556 bits per heavy atom. The van der Waals surface area contributed by atoms with Crippen molar-refractivity contribution in [3.63, 3.8) is 0 Å². The molecule has 0 unspecified atom stereocenters. The molecule has 0 aliphatic rings. The molecular weight excluding hydrogens is 204 g/mol. The second-order valence-electron chi connectivity index (χ2n) is 3.00. The number of hydrogen-bond acceptors (Lipinski definition) is 0. The zero-order chi connectivity index (χ0) is 7.15. The van der Waals surface area contributed by atoms with Gasteiger partial charge in [-0.25, -0.2) is 0 Å². The first-order valence-electron chi connectivity index (χ1n) is 3.00. The molecule has 0 saturated heterocycles. The summed E-state index contributed by atoms with van der Waals surface area (Å²) in [6, 6.07) is 0. The molecule has 0 nitrogen and oxygen atoms in total. The summed E-state index contributed by atoms with van der Waals surface area (Å²) in [5, 5.41) is 0. The van der Waals surface area contributed by atoms with Crippen molar-refractivity contribution in [2.24, 2.45) is 0 Å². The molecule has 0 aromatic rings. The van der Waals surface area contributed by atoms with Gasteiger partial charge in [0.1, 0.15) is 0 Å². The molecule has 0 bridgehead atoms. The van der Waals surface area contributed by atoms with Crippen LogP contribution in [0, 0.1) is 11.8 Å². The summed E-state index contributed by atoms with van der Waals surface area (Å²) in [6.45, 7) is 12.5. The standard InChI is InChI=1S/2C4H9.Ag/c2*1-4(2)3;/h2*1-3H3;/q2*-1;. The monoisotopic (exact) mass is 221 g/mol. The predicted octanol–water partition coefficient (Wildman–Crippen LogP) is 3.24. The molecule has 0 spiro atoms. The van der Waals surface area contributed by atoms with Crippen molar-refractivity contribution in [3.8, 4) is 0 Å². The Morgan fingerprint density at radius 3 is 0.556 bits per heavy atom. The SMILES string of the molecule is C[C-](C)C.C[C-](C)C.[Ag]. The van der Waals surface area contributed by atoms with E-state index >= 15 is 0 Å². The largest absolute Gasteiger partial charge is 0.323 e. The third-order valence-corrected chi connectivity index (χ3v) is 0. The molecule has 0 aliphatic heterocycles. The van der Waals surface area contributed by atoms with Gasteiger partial charge in [0.05, 0.1) is 0 Å². The van der Waals surface area contributed by atoms with E-state index in [-0.39, 0.29) is 22.4 Å². The van der Waals surface area contributed by atoms with E-state index < -0.39 is 0 Å². The Kier molecular flexibility index (Phi) is 21.0. The molecule has 63 valence electrons.